The minimum absolute atomic E-state index is 0.0939. The van der Waals surface area contributed by atoms with E-state index in [4.69, 9.17) is 0 Å². The summed E-state index contributed by atoms with van der Waals surface area (Å²) in [5.41, 5.74) is 0.526. The molecule has 31 heavy (non-hydrogen) atoms. The van der Waals surface area contributed by atoms with E-state index in [9.17, 15) is 22.0 Å². The maximum absolute atomic E-state index is 13.4. The molecule has 0 saturated carbocycles. The van der Waals surface area contributed by atoms with E-state index in [-0.39, 0.29) is 29.2 Å². The third kappa shape index (κ3) is 5.73. The Balaban J connectivity index is 1.58. The highest BCUT2D eigenvalue weighted by molar-refractivity contribution is 7.89. The first-order valence-corrected chi connectivity index (χ1v) is 11.6. The number of rotatable bonds is 6. The van der Waals surface area contributed by atoms with E-state index in [1.54, 1.807) is 11.9 Å². The molecule has 0 aliphatic carbocycles. The fourth-order valence-corrected chi connectivity index (χ4v) is 5.04. The van der Waals surface area contributed by atoms with Crippen molar-refractivity contribution in [3.05, 3.63) is 42.2 Å². The standard InChI is InChI=1S/C20H25F2N5O3S/c1-3-8-31(29,30)27-6-4-18(5-7-27)26(2)20(28)25-17-12-23-19(24-13-17)14-9-15(21)11-16(22)10-14/h9-13,18H,3-8H2,1-2H3,(H,25,28). The third-order valence-corrected chi connectivity index (χ3v) is 7.25. The van der Waals surface area contributed by atoms with Gasteiger partial charge in [0.25, 0.3) is 0 Å². The third-order valence-electron chi connectivity index (χ3n) is 5.17. The molecule has 2 aromatic rings. The molecule has 0 unspecified atom stereocenters. The molecular weight excluding hydrogens is 428 g/mol. The first kappa shape index (κ1) is 23.0. The van der Waals surface area contributed by atoms with Crippen LogP contribution in [0.3, 0.4) is 0 Å². The highest BCUT2D eigenvalue weighted by atomic mass is 32.2. The van der Waals surface area contributed by atoms with Crippen molar-refractivity contribution in [3.8, 4) is 11.4 Å². The topological polar surface area (TPSA) is 95.5 Å². The molecule has 1 fully saturated rings. The Kier molecular flexibility index (Phi) is 7.16. The second-order valence-corrected chi connectivity index (χ2v) is 9.53. The molecule has 1 N–H and O–H groups in total. The van der Waals surface area contributed by atoms with E-state index in [0.717, 1.165) is 18.2 Å². The van der Waals surface area contributed by atoms with Crippen LogP contribution in [0.25, 0.3) is 11.4 Å². The maximum atomic E-state index is 13.4. The Morgan fingerprint density at radius 1 is 1.16 bits per heavy atom. The first-order chi connectivity index (χ1) is 14.7. The molecule has 2 amide bonds. The average Bonchev–Trinajstić information content (AvgIpc) is 2.73. The molecule has 0 bridgehead atoms. The quantitative estimate of drug-likeness (QED) is 0.725. The van der Waals surface area contributed by atoms with Crippen LogP contribution in [0.1, 0.15) is 26.2 Å². The molecule has 1 aliphatic rings. The van der Waals surface area contributed by atoms with E-state index in [0.29, 0.717) is 38.0 Å². The van der Waals surface area contributed by atoms with Crippen LogP contribution in [0.15, 0.2) is 30.6 Å². The van der Waals surface area contributed by atoms with E-state index in [1.807, 2.05) is 6.92 Å². The zero-order chi connectivity index (χ0) is 22.6. The molecule has 0 spiro atoms. The number of nitrogens with one attached hydrogen (secondary N) is 1. The zero-order valence-electron chi connectivity index (χ0n) is 17.4. The number of sulfonamides is 1. The van der Waals surface area contributed by atoms with Crippen molar-refractivity contribution in [1.82, 2.24) is 19.2 Å². The Morgan fingerprint density at radius 3 is 2.29 bits per heavy atom. The summed E-state index contributed by atoms with van der Waals surface area (Å²) in [6.07, 6.45) is 4.38. The number of piperidine rings is 1. The minimum atomic E-state index is -3.23. The summed E-state index contributed by atoms with van der Waals surface area (Å²) < 4.78 is 52.6. The second kappa shape index (κ2) is 9.65. The molecule has 1 aromatic heterocycles. The molecule has 1 aromatic carbocycles. The number of anilines is 1. The van der Waals surface area contributed by atoms with Gasteiger partial charge in [-0.3, -0.25) is 0 Å². The van der Waals surface area contributed by atoms with Gasteiger partial charge in [-0.25, -0.2) is 36.3 Å². The van der Waals surface area contributed by atoms with Gasteiger partial charge < -0.3 is 10.2 Å². The van der Waals surface area contributed by atoms with Crippen molar-refractivity contribution in [2.75, 3.05) is 31.2 Å². The number of amides is 2. The van der Waals surface area contributed by atoms with E-state index in [1.165, 1.54) is 16.7 Å². The number of aromatic nitrogens is 2. The summed E-state index contributed by atoms with van der Waals surface area (Å²) >= 11 is 0. The van der Waals surface area contributed by atoms with Crippen molar-refractivity contribution in [2.24, 2.45) is 0 Å². The van der Waals surface area contributed by atoms with Crippen LogP contribution in [0.2, 0.25) is 0 Å². The molecular formula is C20H25F2N5O3S. The number of hydrogen-bond acceptors (Lipinski definition) is 5. The van der Waals surface area contributed by atoms with Crippen molar-refractivity contribution in [3.63, 3.8) is 0 Å². The van der Waals surface area contributed by atoms with E-state index in [2.05, 4.69) is 15.3 Å². The van der Waals surface area contributed by atoms with Crippen LogP contribution >= 0.6 is 0 Å². The molecule has 8 nitrogen and oxygen atoms in total. The average molecular weight is 454 g/mol. The fraction of sp³-hybridized carbons (Fsp3) is 0.450. The monoisotopic (exact) mass is 453 g/mol. The van der Waals surface area contributed by atoms with E-state index < -0.39 is 21.7 Å². The van der Waals surface area contributed by atoms with Gasteiger partial charge in [-0.15, -0.1) is 0 Å². The van der Waals surface area contributed by atoms with Crippen LogP contribution in [0.4, 0.5) is 19.3 Å². The maximum Gasteiger partial charge on any atom is 0.321 e. The highest BCUT2D eigenvalue weighted by Crippen LogP contribution is 2.21. The lowest BCUT2D eigenvalue weighted by molar-refractivity contribution is 0.174. The Morgan fingerprint density at radius 2 is 1.74 bits per heavy atom. The van der Waals surface area contributed by atoms with Crippen molar-refractivity contribution in [2.45, 2.75) is 32.2 Å². The molecule has 0 radical (unpaired) electrons. The van der Waals surface area contributed by atoms with Crippen molar-refractivity contribution in [1.29, 1.82) is 0 Å². The highest BCUT2D eigenvalue weighted by Gasteiger charge is 2.30. The summed E-state index contributed by atoms with van der Waals surface area (Å²) in [4.78, 5) is 22.2. The molecule has 1 aliphatic heterocycles. The summed E-state index contributed by atoms with van der Waals surface area (Å²) in [6, 6.07) is 2.54. The number of hydrogen-bond donors (Lipinski definition) is 1. The molecule has 11 heteroatoms. The van der Waals surface area contributed by atoms with Crippen LogP contribution in [0.5, 0.6) is 0 Å². The number of carbonyl (C=O) groups is 1. The number of halogens is 2. The predicted octanol–water partition coefficient (Wildman–Crippen LogP) is 3.09. The van der Waals surface area contributed by atoms with Gasteiger partial charge >= 0.3 is 6.03 Å². The number of nitrogens with zero attached hydrogens (tertiary/aromatic N) is 4. The predicted molar refractivity (Wildman–Crippen MR) is 113 cm³/mol. The first-order valence-electron chi connectivity index (χ1n) is 9.99. The molecule has 1 saturated heterocycles. The van der Waals surface area contributed by atoms with Gasteiger partial charge in [0, 0.05) is 37.8 Å². The van der Waals surface area contributed by atoms with Crippen LogP contribution in [-0.2, 0) is 10.0 Å². The van der Waals surface area contributed by atoms with Gasteiger partial charge in [0.2, 0.25) is 10.0 Å². The summed E-state index contributed by atoms with van der Waals surface area (Å²) in [7, 11) is -1.58. The summed E-state index contributed by atoms with van der Waals surface area (Å²) in [5.74, 6) is -1.20. The normalized spacial score (nSPS) is 15.6. The lowest BCUT2D eigenvalue weighted by atomic mass is 10.1. The number of urea groups is 1. The smallest absolute Gasteiger partial charge is 0.321 e. The largest absolute Gasteiger partial charge is 0.325 e. The van der Waals surface area contributed by atoms with Gasteiger partial charge in [-0.1, -0.05) is 6.92 Å². The molecule has 0 atom stereocenters. The number of carbonyl (C=O) groups excluding carboxylic acids is 1. The lowest BCUT2D eigenvalue weighted by Gasteiger charge is -2.36. The lowest BCUT2D eigenvalue weighted by Crippen LogP contribution is -2.48. The van der Waals surface area contributed by atoms with E-state index >= 15 is 0 Å². The van der Waals surface area contributed by atoms with Gasteiger partial charge in [-0.2, -0.15) is 0 Å². The van der Waals surface area contributed by atoms with Crippen molar-refractivity contribution < 1.29 is 22.0 Å². The molecule has 3 rings (SSSR count). The fourth-order valence-electron chi connectivity index (χ4n) is 3.50. The van der Waals surface area contributed by atoms with Gasteiger partial charge in [0.15, 0.2) is 5.82 Å². The van der Waals surface area contributed by atoms with Crippen LogP contribution in [0, 0.1) is 11.6 Å². The van der Waals surface area contributed by atoms with Crippen molar-refractivity contribution >= 4 is 21.7 Å². The molecule has 2 heterocycles. The Labute approximate surface area is 180 Å². The summed E-state index contributed by atoms with van der Waals surface area (Å²) in [5, 5.41) is 2.68. The van der Waals surface area contributed by atoms with Crippen LogP contribution < -0.4 is 5.32 Å². The van der Waals surface area contributed by atoms with Gasteiger partial charge in [0.1, 0.15) is 11.6 Å². The van der Waals surface area contributed by atoms with Crippen LogP contribution in [-0.4, -0.2) is 65.6 Å². The van der Waals surface area contributed by atoms with Gasteiger partial charge in [-0.05, 0) is 31.4 Å². The number of benzene rings is 1. The molecule has 168 valence electrons. The zero-order valence-corrected chi connectivity index (χ0v) is 18.2. The minimum Gasteiger partial charge on any atom is -0.325 e. The SMILES string of the molecule is CCCS(=O)(=O)N1CCC(N(C)C(=O)Nc2cnc(-c3cc(F)cc(F)c3)nc2)CC1. The Bertz CT molecular complexity index is 1010. The van der Waals surface area contributed by atoms with Gasteiger partial charge in [0.05, 0.1) is 23.8 Å². The second-order valence-electron chi connectivity index (χ2n) is 7.44. The Hall–Kier alpha value is -2.66. The summed E-state index contributed by atoms with van der Waals surface area (Å²) in [6.45, 7) is 2.59.